The summed E-state index contributed by atoms with van der Waals surface area (Å²) in [5.41, 5.74) is 6.50. The number of hydrogen-bond acceptors (Lipinski definition) is 2. The molecule has 0 atom stereocenters. The molecule has 2 heteroatoms. The van der Waals surface area contributed by atoms with Crippen molar-refractivity contribution in [2.45, 2.75) is 32.8 Å². The van der Waals surface area contributed by atoms with E-state index in [-0.39, 0.29) is 6.61 Å². The van der Waals surface area contributed by atoms with Gasteiger partial charge in [0, 0.05) is 18.8 Å². The normalized spacial score (nSPS) is 14.1. The van der Waals surface area contributed by atoms with Crippen LogP contribution in [0.3, 0.4) is 0 Å². The summed E-state index contributed by atoms with van der Waals surface area (Å²) in [6.07, 6.45) is 3.45. The van der Waals surface area contributed by atoms with E-state index in [4.69, 9.17) is 0 Å². The van der Waals surface area contributed by atoms with E-state index in [1.54, 1.807) is 0 Å². The Balaban J connectivity index is 1.83. The van der Waals surface area contributed by atoms with Crippen molar-refractivity contribution in [3.8, 4) is 0 Å². The molecule has 0 saturated carbocycles. The smallest absolute Gasteiger partial charge is 0.0685 e. The minimum absolute atomic E-state index is 0.131. The largest absolute Gasteiger partial charge is 0.392 e. The van der Waals surface area contributed by atoms with Gasteiger partial charge in [-0.05, 0) is 48.4 Å². The Morgan fingerprint density at radius 3 is 2.67 bits per heavy atom. The minimum atomic E-state index is 0.131. The first-order valence-corrected chi connectivity index (χ1v) is 7.80. The van der Waals surface area contributed by atoms with Crippen LogP contribution in [-0.2, 0) is 19.4 Å². The molecule has 1 aliphatic rings. The standard InChI is InChI=1S/C19H23NO/c1-15-18(14-21)10-9-17-8-5-12-20(19(15)17)13-11-16-6-3-2-4-7-16/h2-4,6-7,9-10,21H,5,8,11-14H2,1H3. The highest BCUT2D eigenvalue weighted by Crippen LogP contribution is 2.32. The number of aliphatic hydroxyl groups excluding tert-OH is 1. The Morgan fingerprint density at radius 2 is 1.90 bits per heavy atom. The van der Waals surface area contributed by atoms with Gasteiger partial charge in [-0.25, -0.2) is 0 Å². The minimum Gasteiger partial charge on any atom is -0.392 e. The molecule has 0 spiro atoms. The highest BCUT2D eigenvalue weighted by atomic mass is 16.3. The lowest BCUT2D eigenvalue weighted by atomic mass is 9.94. The van der Waals surface area contributed by atoms with Crippen molar-refractivity contribution in [1.82, 2.24) is 0 Å². The third-order valence-electron chi connectivity index (χ3n) is 4.50. The van der Waals surface area contributed by atoms with E-state index in [1.165, 1.54) is 28.8 Å². The van der Waals surface area contributed by atoms with Gasteiger partial charge in [0.25, 0.3) is 0 Å². The van der Waals surface area contributed by atoms with Gasteiger partial charge in [-0.2, -0.15) is 0 Å². The van der Waals surface area contributed by atoms with Crippen LogP contribution < -0.4 is 4.90 Å². The van der Waals surface area contributed by atoms with E-state index < -0.39 is 0 Å². The Bertz CT molecular complexity index is 606. The summed E-state index contributed by atoms with van der Waals surface area (Å²) in [6.45, 7) is 4.44. The predicted octanol–water partition coefficient (Wildman–Crippen LogP) is 3.48. The molecule has 1 heterocycles. The van der Waals surface area contributed by atoms with E-state index in [1.807, 2.05) is 0 Å². The van der Waals surface area contributed by atoms with Crippen LogP contribution in [0.1, 0.15) is 28.7 Å². The number of aliphatic hydroxyl groups is 1. The molecule has 0 amide bonds. The van der Waals surface area contributed by atoms with Gasteiger partial charge in [-0.1, -0.05) is 42.5 Å². The lowest BCUT2D eigenvalue weighted by molar-refractivity contribution is 0.281. The fraction of sp³-hybridized carbons (Fsp3) is 0.368. The van der Waals surface area contributed by atoms with Crippen LogP contribution in [0.15, 0.2) is 42.5 Å². The molecule has 1 N–H and O–H groups in total. The van der Waals surface area contributed by atoms with Gasteiger partial charge in [-0.15, -0.1) is 0 Å². The van der Waals surface area contributed by atoms with Crippen LogP contribution in [0.5, 0.6) is 0 Å². The highest BCUT2D eigenvalue weighted by molar-refractivity contribution is 5.63. The lowest BCUT2D eigenvalue weighted by Gasteiger charge is -2.33. The average Bonchev–Trinajstić information content (AvgIpc) is 2.54. The van der Waals surface area contributed by atoms with Crippen molar-refractivity contribution >= 4 is 5.69 Å². The molecule has 0 bridgehead atoms. The molecule has 3 rings (SSSR count). The third-order valence-corrected chi connectivity index (χ3v) is 4.50. The summed E-state index contributed by atoms with van der Waals surface area (Å²) in [5, 5.41) is 9.50. The maximum Gasteiger partial charge on any atom is 0.0685 e. The second-order valence-corrected chi connectivity index (χ2v) is 5.84. The molecule has 0 fully saturated rings. The summed E-state index contributed by atoms with van der Waals surface area (Å²) in [4.78, 5) is 2.50. The van der Waals surface area contributed by atoms with Crippen LogP contribution in [0, 0.1) is 6.92 Å². The number of rotatable bonds is 4. The van der Waals surface area contributed by atoms with Crippen LogP contribution in [0.4, 0.5) is 5.69 Å². The van der Waals surface area contributed by atoms with Crippen molar-refractivity contribution in [1.29, 1.82) is 0 Å². The van der Waals surface area contributed by atoms with Gasteiger partial charge in [0.15, 0.2) is 0 Å². The molecule has 2 nitrogen and oxygen atoms in total. The molecule has 1 aliphatic heterocycles. The van der Waals surface area contributed by atoms with Gasteiger partial charge >= 0.3 is 0 Å². The topological polar surface area (TPSA) is 23.5 Å². The summed E-state index contributed by atoms with van der Waals surface area (Å²) in [7, 11) is 0. The zero-order valence-electron chi connectivity index (χ0n) is 12.7. The van der Waals surface area contributed by atoms with Crippen molar-refractivity contribution in [3.05, 3.63) is 64.7 Å². The Morgan fingerprint density at radius 1 is 1.10 bits per heavy atom. The molecule has 21 heavy (non-hydrogen) atoms. The van der Waals surface area contributed by atoms with Gasteiger partial charge in [0.2, 0.25) is 0 Å². The van der Waals surface area contributed by atoms with Gasteiger partial charge in [-0.3, -0.25) is 0 Å². The molecule has 0 aromatic heterocycles. The number of fused-ring (bicyclic) bond motifs is 1. The predicted molar refractivity (Wildman–Crippen MR) is 87.8 cm³/mol. The van der Waals surface area contributed by atoms with Crippen molar-refractivity contribution in [3.63, 3.8) is 0 Å². The number of hydrogen-bond donors (Lipinski definition) is 1. The second kappa shape index (κ2) is 6.31. The average molecular weight is 281 g/mol. The van der Waals surface area contributed by atoms with Crippen LogP contribution in [0.2, 0.25) is 0 Å². The summed E-state index contributed by atoms with van der Waals surface area (Å²) in [5.74, 6) is 0. The molecule has 0 unspecified atom stereocenters. The molecule has 0 aliphatic carbocycles. The van der Waals surface area contributed by atoms with Crippen LogP contribution >= 0.6 is 0 Å². The monoisotopic (exact) mass is 281 g/mol. The van der Waals surface area contributed by atoms with E-state index in [0.717, 1.165) is 31.5 Å². The maximum atomic E-state index is 9.50. The quantitative estimate of drug-likeness (QED) is 0.927. The third kappa shape index (κ3) is 2.96. The van der Waals surface area contributed by atoms with Gasteiger partial charge in [0.1, 0.15) is 0 Å². The molecular weight excluding hydrogens is 258 g/mol. The number of anilines is 1. The zero-order chi connectivity index (χ0) is 14.7. The number of nitrogens with zero attached hydrogens (tertiary/aromatic N) is 1. The Kier molecular flexibility index (Phi) is 4.26. The fourth-order valence-corrected chi connectivity index (χ4v) is 3.32. The van der Waals surface area contributed by atoms with Crippen molar-refractivity contribution in [2.24, 2.45) is 0 Å². The summed E-state index contributed by atoms with van der Waals surface area (Å²) in [6, 6.07) is 14.9. The molecule has 0 radical (unpaired) electrons. The zero-order valence-corrected chi connectivity index (χ0v) is 12.7. The van der Waals surface area contributed by atoms with Crippen molar-refractivity contribution in [2.75, 3.05) is 18.0 Å². The number of benzene rings is 2. The van der Waals surface area contributed by atoms with Crippen LogP contribution in [-0.4, -0.2) is 18.2 Å². The summed E-state index contributed by atoms with van der Waals surface area (Å²) >= 11 is 0. The molecule has 2 aromatic rings. The van der Waals surface area contributed by atoms with Crippen LogP contribution in [0.25, 0.3) is 0 Å². The van der Waals surface area contributed by atoms with E-state index in [0.29, 0.717) is 0 Å². The molecule has 2 aromatic carbocycles. The SMILES string of the molecule is Cc1c(CO)ccc2c1N(CCc1ccccc1)CCC2. The fourth-order valence-electron chi connectivity index (χ4n) is 3.32. The Hall–Kier alpha value is -1.80. The Labute approximate surface area is 127 Å². The van der Waals surface area contributed by atoms with Gasteiger partial charge < -0.3 is 10.0 Å². The highest BCUT2D eigenvalue weighted by Gasteiger charge is 2.20. The first-order chi connectivity index (χ1) is 10.3. The summed E-state index contributed by atoms with van der Waals surface area (Å²) < 4.78 is 0. The number of aryl methyl sites for hydroxylation is 1. The van der Waals surface area contributed by atoms with Crippen molar-refractivity contribution < 1.29 is 5.11 Å². The van der Waals surface area contributed by atoms with E-state index in [2.05, 4.69) is 54.3 Å². The molecular formula is C19H23NO. The van der Waals surface area contributed by atoms with E-state index >= 15 is 0 Å². The maximum absolute atomic E-state index is 9.50. The van der Waals surface area contributed by atoms with Gasteiger partial charge in [0.05, 0.1) is 6.61 Å². The molecule has 110 valence electrons. The first-order valence-electron chi connectivity index (χ1n) is 7.80. The first kappa shape index (κ1) is 14.2. The lowest BCUT2D eigenvalue weighted by Crippen LogP contribution is -2.32. The van der Waals surface area contributed by atoms with E-state index in [9.17, 15) is 5.11 Å². The molecule has 0 saturated heterocycles. The second-order valence-electron chi connectivity index (χ2n) is 5.84.